The Balaban J connectivity index is 1.05. The number of hydrogen-bond donors (Lipinski definition) is 5. The van der Waals surface area contributed by atoms with Gasteiger partial charge in [-0.05, 0) is 71.7 Å². The fourth-order valence-corrected chi connectivity index (χ4v) is 8.32. The summed E-state index contributed by atoms with van der Waals surface area (Å²) in [5.74, 6) is 1.03. The summed E-state index contributed by atoms with van der Waals surface area (Å²) in [5.41, 5.74) is 5.83. The van der Waals surface area contributed by atoms with Gasteiger partial charge in [-0.15, -0.1) is 0 Å². The third-order valence-corrected chi connectivity index (χ3v) is 11.5. The summed E-state index contributed by atoms with van der Waals surface area (Å²) in [6.45, 7) is 8.18. The number of carbonyl (C=O) groups is 4. The van der Waals surface area contributed by atoms with Gasteiger partial charge in [0.1, 0.15) is 23.7 Å². The molecule has 1 saturated carbocycles. The van der Waals surface area contributed by atoms with E-state index in [9.17, 15) is 19.2 Å². The predicted molar refractivity (Wildman–Crippen MR) is 217 cm³/mol. The molecule has 0 spiro atoms. The van der Waals surface area contributed by atoms with Gasteiger partial charge in [0.15, 0.2) is 0 Å². The number of imidazole rings is 2. The Hall–Kier alpha value is -5.92. The highest BCUT2D eigenvalue weighted by Crippen LogP contribution is 2.37. The van der Waals surface area contributed by atoms with Gasteiger partial charge in [-0.2, -0.15) is 0 Å². The van der Waals surface area contributed by atoms with Gasteiger partial charge < -0.3 is 40.3 Å². The van der Waals surface area contributed by atoms with Crippen molar-refractivity contribution in [3.63, 3.8) is 0 Å². The maximum absolute atomic E-state index is 13.6. The zero-order chi connectivity index (χ0) is 40.4. The first-order valence-corrected chi connectivity index (χ1v) is 19.8. The first-order chi connectivity index (χ1) is 27.4. The average Bonchev–Trinajstić information content (AvgIpc) is 4.04. The largest absolute Gasteiger partial charge is 0.453 e. The van der Waals surface area contributed by atoms with Crippen LogP contribution in [0.5, 0.6) is 0 Å². The number of alkyl carbamates (subject to hydrolysis) is 2. The maximum Gasteiger partial charge on any atom is 0.407 e. The fourth-order valence-electron chi connectivity index (χ4n) is 8.32. The first kappa shape index (κ1) is 39.3. The van der Waals surface area contributed by atoms with Crippen LogP contribution in [0.15, 0.2) is 60.8 Å². The second kappa shape index (κ2) is 16.7. The van der Waals surface area contributed by atoms with Crippen LogP contribution in [-0.2, 0) is 19.1 Å². The van der Waals surface area contributed by atoms with E-state index in [1.165, 1.54) is 14.2 Å². The van der Waals surface area contributed by atoms with E-state index in [1.807, 2.05) is 38.8 Å². The lowest BCUT2D eigenvalue weighted by Crippen LogP contribution is -2.52. The Morgan fingerprint density at radius 3 is 2.16 bits per heavy atom. The van der Waals surface area contributed by atoms with Crippen molar-refractivity contribution >= 4 is 45.8 Å². The Morgan fingerprint density at radius 2 is 1.46 bits per heavy atom. The number of H-pyrrole nitrogens is 2. The number of carbonyl (C=O) groups excluding carboxylic acids is 4. The molecule has 300 valence electrons. The smallest absolute Gasteiger partial charge is 0.407 e. The van der Waals surface area contributed by atoms with Gasteiger partial charge in [-0.3, -0.25) is 9.59 Å². The van der Waals surface area contributed by atoms with Gasteiger partial charge in [0, 0.05) is 23.9 Å². The summed E-state index contributed by atoms with van der Waals surface area (Å²) in [4.78, 5) is 69.3. The highest BCUT2D eigenvalue weighted by Gasteiger charge is 2.38. The number of nitrogens with one attached hydrogen (secondary N) is 5. The van der Waals surface area contributed by atoms with Gasteiger partial charge in [0.2, 0.25) is 11.8 Å². The Kier molecular flexibility index (Phi) is 11.5. The number of aromatic nitrogens is 4. The van der Waals surface area contributed by atoms with Crippen molar-refractivity contribution in [3.05, 3.63) is 72.4 Å². The van der Waals surface area contributed by atoms with Gasteiger partial charge in [0.05, 0.1) is 43.2 Å². The highest BCUT2D eigenvalue weighted by molar-refractivity contribution is 6.05. The van der Waals surface area contributed by atoms with Gasteiger partial charge in [0.25, 0.3) is 0 Å². The van der Waals surface area contributed by atoms with Crippen molar-refractivity contribution in [1.82, 2.24) is 40.8 Å². The molecule has 5 N–H and O–H groups in total. The number of fused-ring (bicyclic) bond motifs is 3. The molecule has 0 bridgehead atoms. The SMILES string of the molecule is COC(=O)N[C@H](C(=O)N[C@H]1CCC[C@H]1c1nc2c(ccc3cc(-c4ccc(-c5cnc([C@@H]6CCCN6C(=O)[C@@H](NC(=O)OC)C(C)C)[nH]5)cc4)ccc32)[nH]1)C(C)C. The number of ether oxygens (including phenoxy) is 2. The molecule has 4 amide bonds. The summed E-state index contributed by atoms with van der Waals surface area (Å²) in [7, 11) is 2.58. The molecule has 57 heavy (non-hydrogen) atoms. The van der Waals surface area contributed by atoms with E-state index in [1.54, 1.807) is 0 Å². The van der Waals surface area contributed by atoms with E-state index in [4.69, 9.17) is 19.4 Å². The van der Waals surface area contributed by atoms with Gasteiger partial charge >= 0.3 is 12.2 Å². The summed E-state index contributed by atoms with van der Waals surface area (Å²) >= 11 is 0. The van der Waals surface area contributed by atoms with E-state index in [2.05, 4.69) is 80.5 Å². The van der Waals surface area contributed by atoms with Crippen molar-refractivity contribution < 1.29 is 28.7 Å². The lowest BCUT2D eigenvalue weighted by atomic mass is 9.99. The number of aromatic amines is 2. The molecular formula is C43H52N8O6. The van der Waals surface area contributed by atoms with Crippen LogP contribution in [0.3, 0.4) is 0 Å². The predicted octanol–water partition coefficient (Wildman–Crippen LogP) is 6.95. The second-order valence-electron chi connectivity index (χ2n) is 15.8. The molecule has 2 aliphatic rings. The standard InChI is InChI=1S/C43H52N8O6/c1-23(2)35(49-42(54)56-5)40(52)47-31-10-7-9-30(31)38-45-32-19-17-28-21-27(16-18-29(28)37(32)48-38)25-12-14-26(15-13-25)33-22-44-39(46-33)34-11-8-20-51(34)41(53)36(24(3)4)50-43(55)57-6/h12-19,21-24,30-31,34-36H,7-11,20H2,1-6H3,(H,44,46)(H,45,48)(H,47,52)(H,49,54)(H,50,55)/t30-,31+,34+,35+,36+/m1/s1. The minimum absolute atomic E-state index is 0.0261. The Morgan fingerprint density at radius 1 is 0.772 bits per heavy atom. The molecule has 14 nitrogen and oxygen atoms in total. The van der Waals surface area contributed by atoms with Crippen molar-refractivity contribution in [3.8, 4) is 22.4 Å². The summed E-state index contributed by atoms with van der Waals surface area (Å²) in [6.07, 6.45) is 4.88. The van der Waals surface area contributed by atoms with E-state index >= 15 is 0 Å². The molecule has 1 saturated heterocycles. The second-order valence-corrected chi connectivity index (χ2v) is 15.8. The lowest BCUT2D eigenvalue weighted by Gasteiger charge is -2.30. The molecule has 1 aliphatic carbocycles. The molecule has 0 unspecified atom stereocenters. The van der Waals surface area contributed by atoms with Crippen LogP contribution >= 0.6 is 0 Å². The van der Waals surface area contributed by atoms with Crippen molar-refractivity contribution in [2.45, 2.75) is 89.9 Å². The zero-order valence-electron chi connectivity index (χ0n) is 33.3. The molecule has 3 heterocycles. The van der Waals surface area contributed by atoms with E-state index < -0.39 is 24.3 Å². The quantitative estimate of drug-likeness (QED) is 0.0955. The number of hydrogen-bond acceptors (Lipinski definition) is 8. The van der Waals surface area contributed by atoms with Crippen LogP contribution in [0.4, 0.5) is 9.59 Å². The molecule has 7 rings (SSSR count). The van der Waals surface area contributed by atoms with Crippen LogP contribution in [-0.4, -0.2) is 87.7 Å². The third kappa shape index (κ3) is 8.16. The lowest BCUT2D eigenvalue weighted by molar-refractivity contribution is -0.135. The molecular weight excluding hydrogens is 725 g/mol. The van der Waals surface area contributed by atoms with Crippen LogP contribution in [0, 0.1) is 11.8 Å². The maximum atomic E-state index is 13.6. The number of methoxy groups -OCH3 is 2. The number of amides is 4. The molecule has 2 aromatic heterocycles. The van der Waals surface area contributed by atoms with Crippen molar-refractivity contribution in [2.24, 2.45) is 11.8 Å². The van der Waals surface area contributed by atoms with Crippen LogP contribution in [0.2, 0.25) is 0 Å². The summed E-state index contributed by atoms with van der Waals surface area (Å²) in [5, 5.41) is 10.7. The molecule has 5 aromatic rings. The normalized spacial score (nSPS) is 19.2. The summed E-state index contributed by atoms with van der Waals surface area (Å²) < 4.78 is 9.50. The number of likely N-dealkylation sites (tertiary alicyclic amines) is 1. The monoisotopic (exact) mass is 776 g/mol. The molecule has 3 aromatic carbocycles. The Labute approximate surface area is 331 Å². The Bertz CT molecular complexity index is 2260. The first-order valence-electron chi connectivity index (χ1n) is 19.8. The molecule has 0 radical (unpaired) electrons. The van der Waals surface area contributed by atoms with Crippen LogP contribution < -0.4 is 16.0 Å². The molecule has 2 fully saturated rings. The third-order valence-electron chi connectivity index (χ3n) is 11.5. The van der Waals surface area contributed by atoms with E-state index in [-0.39, 0.29) is 41.7 Å². The van der Waals surface area contributed by atoms with Gasteiger partial charge in [-0.1, -0.05) is 76.6 Å². The summed E-state index contributed by atoms with van der Waals surface area (Å²) in [6, 6.07) is 17.2. The van der Waals surface area contributed by atoms with E-state index in [0.29, 0.717) is 6.54 Å². The molecule has 14 heteroatoms. The molecule has 1 aliphatic heterocycles. The molecule has 5 atom stereocenters. The number of benzene rings is 3. The number of rotatable bonds is 11. The van der Waals surface area contributed by atoms with Crippen molar-refractivity contribution in [1.29, 1.82) is 0 Å². The minimum Gasteiger partial charge on any atom is -0.453 e. The average molecular weight is 777 g/mol. The van der Waals surface area contributed by atoms with Crippen LogP contribution in [0.1, 0.15) is 83.4 Å². The number of nitrogens with zero attached hydrogens (tertiary/aromatic N) is 3. The fraction of sp³-hybridized carbons (Fsp3) is 0.442. The highest BCUT2D eigenvalue weighted by atomic mass is 16.5. The van der Waals surface area contributed by atoms with Crippen LogP contribution in [0.25, 0.3) is 44.2 Å². The van der Waals surface area contributed by atoms with E-state index in [0.717, 1.165) is 87.9 Å². The zero-order valence-corrected chi connectivity index (χ0v) is 33.3. The van der Waals surface area contributed by atoms with Gasteiger partial charge in [-0.25, -0.2) is 19.6 Å². The minimum atomic E-state index is -0.698. The van der Waals surface area contributed by atoms with Crippen molar-refractivity contribution in [2.75, 3.05) is 20.8 Å². The topological polar surface area (TPSA) is 183 Å².